The number of esters is 1. The lowest BCUT2D eigenvalue weighted by Gasteiger charge is -2.14. The molecule has 0 saturated carbocycles. The van der Waals surface area contributed by atoms with Crippen molar-refractivity contribution in [2.45, 2.75) is 13.1 Å². The highest BCUT2D eigenvalue weighted by atomic mass is 19.4. The van der Waals surface area contributed by atoms with Crippen LogP contribution >= 0.6 is 0 Å². The lowest BCUT2D eigenvalue weighted by Crippen LogP contribution is -2.21. The lowest BCUT2D eigenvalue weighted by molar-refractivity contribution is -0.136. The van der Waals surface area contributed by atoms with Crippen LogP contribution in [0.2, 0.25) is 0 Å². The summed E-state index contributed by atoms with van der Waals surface area (Å²) in [4.78, 5) is 28.8. The van der Waals surface area contributed by atoms with E-state index in [-0.39, 0.29) is 23.7 Å². The number of hydrogen-bond acceptors (Lipinski definition) is 6. The van der Waals surface area contributed by atoms with E-state index in [0.717, 1.165) is 12.1 Å². The zero-order valence-corrected chi connectivity index (χ0v) is 18.3. The van der Waals surface area contributed by atoms with Gasteiger partial charge in [0.05, 0.1) is 23.4 Å². The monoisotopic (exact) mass is 484 g/mol. The number of carbonyl (C=O) groups excluding carboxylic acids is 2. The lowest BCUT2D eigenvalue weighted by atomic mass is 10.0. The van der Waals surface area contributed by atoms with E-state index >= 15 is 0 Å². The molecule has 2 aromatic heterocycles. The van der Waals surface area contributed by atoms with Gasteiger partial charge >= 0.3 is 18.2 Å². The maximum absolute atomic E-state index is 13.2. The second kappa shape index (κ2) is 9.33. The van der Waals surface area contributed by atoms with E-state index in [2.05, 4.69) is 20.7 Å². The van der Waals surface area contributed by atoms with Crippen LogP contribution in [0.1, 0.15) is 22.8 Å². The normalized spacial score (nSPS) is 11.3. The number of nitrogens with zero attached hydrogens (tertiary/aromatic N) is 3. The molecule has 0 atom stereocenters. The second-order valence-corrected chi connectivity index (χ2v) is 7.28. The van der Waals surface area contributed by atoms with Crippen LogP contribution in [0.15, 0.2) is 61.1 Å². The van der Waals surface area contributed by atoms with Crippen molar-refractivity contribution in [3.8, 4) is 11.1 Å². The maximum Gasteiger partial charge on any atom is 0.418 e. The zero-order valence-electron chi connectivity index (χ0n) is 18.3. The number of fused-ring (bicyclic) bond motifs is 1. The number of carbonyl (C=O) groups is 2. The van der Waals surface area contributed by atoms with Crippen LogP contribution in [0.3, 0.4) is 0 Å². The number of ether oxygens (including phenoxy) is 1. The first-order valence-electron chi connectivity index (χ1n) is 10.3. The third kappa shape index (κ3) is 4.86. The standard InChI is InChI=1S/C23H19F3N6O3/c1-2-35-21(33)15-11-32-19(20(27)28-12-29-32)18(15)13-7-9-14(10-8-13)30-22(34)31-17-6-4-3-5-16(17)23(24,25)26/h3-12H,2H2,1H3,(H2,27,28,29)(H2,30,31,34). The van der Waals surface area contributed by atoms with Crippen LogP contribution in [-0.2, 0) is 10.9 Å². The number of urea groups is 1. The average molecular weight is 484 g/mol. The minimum atomic E-state index is -4.62. The smallest absolute Gasteiger partial charge is 0.418 e. The number of anilines is 3. The Kier molecular flexibility index (Phi) is 6.28. The van der Waals surface area contributed by atoms with Crippen molar-refractivity contribution < 1.29 is 27.5 Å². The first kappa shape index (κ1) is 23.5. The number of aromatic nitrogens is 3. The molecular formula is C23H19F3N6O3. The first-order chi connectivity index (χ1) is 16.7. The van der Waals surface area contributed by atoms with Crippen molar-refractivity contribution in [3.63, 3.8) is 0 Å². The molecule has 0 bridgehead atoms. The molecule has 12 heteroatoms. The number of rotatable bonds is 5. The van der Waals surface area contributed by atoms with Crippen molar-refractivity contribution in [3.05, 3.63) is 72.2 Å². The van der Waals surface area contributed by atoms with Gasteiger partial charge in [0.1, 0.15) is 11.8 Å². The Hall–Kier alpha value is -4.61. The summed E-state index contributed by atoms with van der Waals surface area (Å²) in [6.07, 6.45) is -1.88. The predicted molar refractivity (Wildman–Crippen MR) is 123 cm³/mol. The number of hydrogen-bond donors (Lipinski definition) is 3. The molecule has 0 fully saturated rings. The van der Waals surface area contributed by atoms with Crippen LogP contribution in [0.5, 0.6) is 0 Å². The molecule has 4 aromatic rings. The van der Waals surface area contributed by atoms with E-state index in [0.29, 0.717) is 22.3 Å². The van der Waals surface area contributed by atoms with Gasteiger partial charge in [-0.05, 0) is 36.8 Å². The predicted octanol–water partition coefficient (Wildman–Crippen LogP) is 4.82. The molecule has 0 radical (unpaired) electrons. The molecule has 9 nitrogen and oxygen atoms in total. The molecule has 0 aliphatic carbocycles. The Morgan fingerprint density at radius 1 is 1.09 bits per heavy atom. The van der Waals surface area contributed by atoms with Crippen LogP contribution in [0, 0.1) is 0 Å². The van der Waals surface area contributed by atoms with E-state index in [1.165, 1.54) is 41.3 Å². The minimum Gasteiger partial charge on any atom is -0.462 e. The van der Waals surface area contributed by atoms with Gasteiger partial charge in [0.2, 0.25) is 0 Å². The molecule has 2 aromatic carbocycles. The summed E-state index contributed by atoms with van der Waals surface area (Å²) in [5.74, 6) is -0.423. The number of alkyl halides is 3. The van der Waals surface area contributed by atoms with Crippen LogP contribution in [0.25, 0.3) is 16.6 Å². The SMILES string of the molecule is CCOC(=O)c1cn2ncnc(N)c2c1-c1ccc(NC(=O)Nc2ccccc2C(F)(F)F)cc1. The Morgan fingerprint density at radius 3 is 2.49 bits per heavy atom. The van der Waals surface area contributed by atoms with Gasteiger partial charge in [-0.3, -0.25) is 0 Å². The third-order valence-electron chi connectivity index (χ3n) is 5.01. The number of amides is 2. The Morgan fingerprint density at radius 2 is 1.80 bits per heavy atom. The summed E-state index contributed by atoms with van der Waals surface area (Å²) >= 11 is 0. The van der Waals surface area contributed by atoms with Gasteiger partial charge < -0.3 is 21.1 Å². The van der Waals surface area contributed by atoms with Crippen LogP contribution in [0.4, 0.5) is 35.2 Å². The molecule has 2 amide bonds. The zero-order chi connectivity index (χ0) is 25.2. The largest absolute Gasteiger partial charge is 0.462 e. The number of halogens is 3. The molecule has 0 spiro atoms. The Labute approximate surface area is 196 Å². The summed E-state index contributed by atoms with van der Waals surface area (Å²) in [6, 6.07) is 10.1. The summed E-state index contributed by atoms with van der Waals surface area (Å²) in [5, 5.41) is 8.78. The summed E-state index contributed by atoms with van der Waals surface area (Å²) in [5.41, 5.74) is 6.62. The molecule has 35 heavy (non-hydrogen) atoms. The fourth-order valence-corrected chi connectivity index (χ4v) is 3.53. The van der Waals surface area contributed by atoms with Gasteiger partial charge in [-0.25, -0.2) is 19.1 Å². The summed E-state index contributed by atoms with van der Waals surface area (Å²) in [6.45, 7) is 1.85. The second-order valence-electron chi connectivity index (χ2n) is 7.28. The van der Waals surface area contributed by atoms with Crippen LogP contribution in [-0.4, -0.2) is 33.2 Å². The van der Waals surface area contributed by atoms with Gasteiger partial charge in [-0.1, -0.05) is 24.3 Å². The molecule has 4 rings (SSSR count). The summed E-state index contributed by atoms with van der Waals surface area (Å²) in [7, 11) is 0. The van der Waals surface area contributed by atoms with E-state index in [1.807, 2.05) is 0 Å². The van der Waals surface area contributed by atoms with Crippen molar-refractivity contribution in [1.29, 1.82) is 0 Å². The van der Waals surface area contributed by atoms with Crippen molar-refractivity contribution in [2.75, 3.05) is 23.0 Å². The van der Waals surface area contributed by atoms with Crippen molar-refractivity contribution >= 4 is 34.7 Å². The quantitative estimate of drug-likeness (QED) is 0.349. The molecule has 0 saturated heterocycles. The molecule has 2 heterocycles. The maximum atomic E-state index is 13.2. The molecular weight excluding hydrogens is 465 g/mol. The molecule has 180 valence electrons. The fraction of sp³-hybridized carbons (Fsp3) is 0.130. The molecule has 0 aliphatic rings. The molecule has 0 unspecified atom stereocenters. The number of para-hydroxylation sites is 1. The third-order valence-corrected chi connectivity index (χ3v) is 5.01. The van der Waals surface area contributed by atoms with E-state index in [9.17, 15) is 22.8 Å². The van der Waals surface area contributed by atoms with Crippen molar-refractivity contribution in [1.82, 2.24) is 14.6 Å². The average Bonchev–Trinajstić information content (AvgIpc) is 3.20. The first-order valence-corrected chi connectivity index (χ1v) is 10.3. The highest BCUT2D eigenvalue weighted by molar-refractivity contribution is 6.05. The highest BCUT2D eigenvalue weighted by Crippen LogP contribution is 2.35. The number of benzene rings is 2. The summed E-state index contributed by atoms with van der Waals surface area (Å²) < 4.78 is 46.0. The Bertz CT molecular complexity index is 1400. The van der Waals surface area contributed by atoms with Gasteiger partial charge in [0.25, 0.3) is 0 Å². The Balaban J connectivity index is 1.60. The molecule has 0 aliphatic heterocycles. The number of nitrogens with two attached hydrogens (primary N) is 1. The topological polar surface area (TPSA) is 124 Å². The van der Waals surface area contributed by atoms with Gasteiger partial charge in [-0.2, -0.15) is 18.3 Å². The van der Waals surface area contributed by atoms with E-state index in [1.54, 1.807) is 19.1 Å². The van der Waals surface area contributed by atoms with Crippen LogP contribution < -0.4 is 16.4 Å². The van der Waals surface area contributed by atoms with Gasteiger partial charge in [0, 0.05) is 17.4 Å². The van der Waals surface area contributed by atoms with E-state index in [4.69, 9.17) is 10.5 Å². The van der Waals surface area contributed by atoms with E-state index < -0.39 is 23.7 Å². The molecule has 4 N–H and O–H groups in total. The fourth-order valence-electron chi connectivity index (χ4n) is 3.53. The van der Waals surface area contributed by atoms with Gasteiger partial charge in [-0.15, -0.1) is 0 Å². The number of nitrogen functional groups attached to an aromatic ring is 1. The van der Waals surface area contributed by atoms with Gasteiger partial charge in [0.15, 0.2) is 5.82 Å². The van der Waals surface area contributed by atoms with Crippen molar-refractivity contribution in [2.24, 2.45) is 0 Å². The number of nitrogens with one attached hydrogen (secondary N) is 2. The minimum absolute atomic E-state index is 0.149. The highest BCUT2D eigenvalue weighted by Gasteiger charge is 2.33.